The largest absolute Gasteiger partial charge is 0.368 e. The SMILES string of the molecule is [2H][C@@H]1CCN(c2c(F)cccc2Br)C1. The van der Waals surface area contributed by atoms with Crippen LogP contribution in [0, 0.1) is 5.82 Å². The Morgan fingerprint density at radius 2 is 2.31 bits per heavy atom. The second kappa shape index (κ2) is 3.66. The van der Waals surface area contributed by atoms with Crippen molar-refractivity contribution in [1.82, 2.24) is 0 Å². The van der Waals surface area contributed by atoms with Crippen LogP contribution in [-0.2, 0) is 0 Å². The molecule has 2 rings (SSSR count). The standard InChI is InChI=1S/C10H11BrFN/c11-8-4-3-5-9(12)10(8)13-6-1-2-7-13/h3-5H,1-2,6-7H2/i1D/t1-/m1/s1. The summed E-state index contributed by atoms with van der Waals surface area (Å²) in [6, 6.07) is 4.96. The summed E-state index contributed by atoms with van der Waals surface area (Å²) in [7, 11) is 0. The van der Waals surface area contributed by atoms with Crippen molar-refractivity contribution < 1.29 is 5.76 Å². The molecule has 0 amide bonds. The van der Waals surface area contributed by atoms with E-state index in [9.17, 15) is 4.39 Å². The molecule has 1 nitrogen and oxygen atoms in total. The Labute approximate surface area is 87.1 Å². The lowest BCUT2D eigenvalue weighted by molar-refractivity contribution is 0.622. The first-order valence-corrected chi connectivity index (χ1v) is 5.09. The molecular formula is C10H11BrFN. The number of anilines is 1. The molecule has 1 aromatic rings. The van der Waals surface area contributed by atoms with Crippen LogP contribution >= 0.6 is 15.9 Å². The molecule has 0 bridgehead atoms. The quantitative estimate of drug-likeness (QED) is 0.734. The van der Waals surface area contributed by atoms with Gasteiger partial charge in [0.2, 0.25) is 0 Å². The first-order chi connectivity index (χ1) is 6.68. The monoisotopic (exact) mass is 244 g/mol. The van der Waals surface area contributed by atoms with E-state index in [2.05, 4.69) is 15.9 Å². The highest BCUT2D eigenvalue weighted by Crippen LogP contribution is 2.31. The zero-order chi connectivity index (χ0) is 10.1. The summed E-state index contributed by atoms with van der Waals surface area (Å²) in [5.41, 5.74) is 0.599. The zero-order valence-corrected chi connectivity index (χ0v) is 8.72. The van der Waals surface area contributed by atoms with E-state index in [1.807, 2.05) is 11.0 Å². The Morgan fingerprint density at radius 1 is 1.46 bits per heavy atom. The van der Waals surface area contributed by atoms with Crippen molar-refractivity contribution >= 4 is 21.6 Å². The van der Waals surface area contributed by atoms with E-state index in [-0.39, 0.29) is 12.2 Å². The van der Waals surface area contributed by atoms with Crippen molar-refractivity contribution in [3.05, 3.63) is 28.5 Å². The van der Waals surface area contributed by atoms with Crippen molar-refractivity contribution in [3.63, 3.8) is 0 Å². The van der Waals surface area contributed by atoms with Crippen LogP contribution in [0.4, 0.5) is 10.1 Å². The lowest BCUT2D eigenvalue weighted by Gasteiger charge is -2.19. The average Bonchev–Trinajstić information content (AvgIpc) is 2.51. The van der Waals surface area contributed by atoms with Gasteiger partial charge >= 0.3 is 0 Å². The van der Waals surface area contributed by atoms with E-state index >= 15 is 0 Å². The number of nitrogens with zero attached hydrogens (tertiary/aromatic N) is 1. The van der Waals surface area contributed by atoms with E-state index in [0.717, 1.165) is 17.4 Å². The minimum Gasteiger partial charge on any atom is -0.368 e. The molecule has 0 aromatic heterocycles. The maximum atomic E-state index is 13.5. The van der Waals surface area contributed by atoms with Gasteiger partial charge in [-0.2, -0.15) is 0 Å². The van der Waals surface area contributed by atoms with Crippen LogP contribution in [0.2, 0.25) is 0 Å². The maximum absolute atomic E-state index is 13.5. The van der Waals surface area contributed by atoms with Crippen LogP contribution in [0.1, 0.15) is 14.2 Å². The van der Waals surface area contributed by atoms with Gasteiger partial charge in [0.1, 0.15) is 5.82 Å². The third-order valence-electron chi connectivity index (χ3n) is 2.21. The molecule has 3 heteroatoms. The Hall–Kier alpha value is -0.570. The van der Waals surface area contributed by atoms with Gasteiger partial charge in [-0.05, 0) is 40.9 Å². The minimum atomic E-state index is -0.214. The van der Waals surface area contributed by atoms with Crippen LogP contribution in [-0.4, -0.2) is 13.1 Å². The fraction of sp³-hybridized carbons (Fsp3) is 0.400. The van der Waals surface area contributed by atoms with Crippen molar-refractivity contribution in [2.75, 3.05) is 18.0 Å². The van der Waals surface area contributed by atoms with Crippen LogP contribution in [0.3, 0.4) is 0 Å². The van der Waals surface area contributed by atoms with Gasteiger partial charge in [-0.15, -0.1) is 0 Å². The number of hydrogen-bond donors (Lipinski definition) is 0. The molecule has 0 spiro atoms. The molecule has 0 unspecified atom stereocenters. The fourth-order valence-corrected chi connectivity index (χ4v) is 2.17. The molecule has 1 fully saturated rings. The van der Waals surface area contributed by atoms with Crippen LogP contribution in [0.15, 0.2) is 22.7 Å². The molecule has 1 saturated heterocycles. The number of para-hydroxylation sites is 1. The van der Waals surface area contributed by atoms with Gasteiger partial charge < -0.3 is 4.90 Å². The van der Waals surface area contributed by atoms with Crippen LogP contribution in [0.25, 0.3) is 0 Å². The lowest BCUT2D eigenvalue weighted by Crippen LogP contribution is -2.19. The number of hydrogen-bond acceptors (Lipinski definition) is 1. The Bertz CT molecular complexity index is 325. The molecule has 1 aliphatic heterocycles. The Balaban J connectivity index is 2.31. The van der Waals surface area contributed by atoms with Crippen molar-refractivity contribution in [2.24, 2.45) is 0 Å². The second-order valence-electron chi connectivity index (χ2n) is 3.09. The third kappa shape index (κ3) is 1.70. The Morgan fingerprint density at radius 3 is 2.92 bits per heavy atom. The van der Waals surface area contributed by atoms with E-state index in [4.69, 9.17) is 1.37 Å². The number of rotatable bonds is 1. The summed E-state index contributed by atoms with van der Waals surface area (Å²) in [6.45, 7) is 1.40. The summed E-state index contributed by atoms with van der Waals surface area (Å²) >= 11 is 3.33. The molecule has 1 aromatic carbocycles. The normalized spacial score (nSPS) is 23.4. The summed E-state index contributed by atoms with van der Waals surface area (Å²) in [4.78, 5) is 1.93. The van der Waals surface area contributed by atoms with Gasteiger partial charge in [0.15, 0.2) is 0 Å². The highest BCUT2D eigenvalue weighted by atomic mass is 79.9. The highest BCUT2D eigenvalue weighted by molar-refractivity contribution is 9.10. The molecular weight excluding hydrogens is 233 g/mol. The lowest BCUT2D eigenvalue weighted by atomic mass is 10.3. The van der Waals surface area contributed by atoms with Gasteiger partial charge in [0.25, 0.3) is 0 Å². The van der Waals surface area contributed by atoms with E-state index in [1.165, 1.54) is 6.07 Å². The minimum absolute atomic E-state index is 0.0819. The predicted molar refractivity (Wildman–Crippen MR) is 55.5 cm³/mol. The first-order valence-electron chi connectivity index (χ1n) is 4.87. The molecule has 13 heavy (non-hydrogen) atoms. The summed E-state index contributed by atoms with van der Waals surface area (Å²) < 4.78 is 21.8. The fourth-order valence-electron chi connectivity index (χ4n) is 1.58. The molecule has 1 heterocycles. The number of halogens is 2. The first kappa shape index (κ1) is 7.80. The van der Waals surface area contributed by atoms with Gasteiger partial charge in [0.05, 0.1) is 5.69 Å². The summed E-state index contributed by atoms with van der Waals surface area (Å²) in [5, 5.41) is 0. The summed E-state index contributed by atoms with van der Waals surface area (Å²) in [6.07, 6.45) is 0.738. The molecule has 0 aliphatic carbocycles. The van der Waals surface area contributed by atoms with Crippen molar-refractivity contribution in [3.8, 4) is 0 Å². The topological polar surface area (TPSA) is 3.24 Å². The smallest absolute Gasteiger partial charge is 0.147 e. The molecule has 1 aliphatic rings. The van der Waals surface area contributed by atoms with Crippen LogP contribution in [0.5, 0.6) is 0 Å². The van der Waals surface area contributed by atoms with Gasteiger partial charge in [0, 0.05) is 18.9 Å². The predicted octanol–water partition coefficient (Wildman–Crippen LogP) is 3.19. The third-order valence-corrected chi connectivity index (χ3v) is 2.85. The number of benzene rings is 1. The highest BCUT2D eigenvalue weighted by Gasteiger charge is 2.17. The van der Waals surface area contributed by atoms with Crippen molar-refractivity contribution in [1.29, 1.82) is 0 Å². The van der Waals surface area contributed by atoms with E-state index in [1.54, 1.807) is 6.07 Å². The molecule has 1 atom stereocenters. The van der Waals surface area contributed by atoms with Gasteiger partial charge in [-0.1, -0.05) is 6.07 Å². The van der Waals surface area contributed by atoms with Crippen molar-refractivity contribution in [2.45, 2.75) is 12.8 Å². The maximum Gasteiger partial charge on any atom is 0.147 e. The molecule has 0 radical (unpaired) electrons. The molecule has 0 saturated carbocycles. The molecule has 70 valence electrons. The second-order valence-corrected chi connectivity index (χ2v) is 3.95. The van der Waals surface area contributed by atoms with Crippen LogP contribution < -0.4 is 4.90 Å². The van der Waals surface area contributed by atoms with Gasteiger partial charge in [-0.3, -0.25) is 0 Å². The van der Waals surface area contributed by atoms with E-state index < -0.39 is 0 Å². The zero-order valence-electron chi connectivity index (χ0n) is 8.13. The average molecular weight is 245 g/mol. The summed E-state index contributed by atoms with van der Waals surface area (Å²) in [5.74, 6) is -0.214. The van der Waals surface area contributed by atoms with E-state index in [0.29, 0.717) is 12.2 Å². The Kier molecular flexibility index (Phi) is 2.20. The molecule has 0 N–H and O–H groups in total. The van der Waals surface area contributed by atoms with Gasteiger partial charge in [-0.25, -0.2) is 4.39 Å².